The molecule has 0 radical (unpaired) electrons. The molecule has 1 fully saturated rings. The van der Waals surface area contributed by atoms with Gasteiger partial charge >= 0.3 is 0 Å². The first-order valence-electron chi connectivity index (χ1n) is 6.95. The number of sulfonamides is 1. The highest BCUT2D eigenvalue weighted by molar-refractivity contribution is 7.89. The average molecular weight is 300 g/mol. The molecule has 20 heavy (non-hydrogen) atoms. The van der Waals surface area contributed by atoms with E-state index in [0.29, 0.717) is 24.6 Å². The molecule has 112 valence electrons. The second kappa shape index (κ2) is 6.65. The Kier molecular flexibility index (Phi) is 5.12. The van der Waals surface area contributed by atoms with E-state index in [0.717, 1.165) is 31.7 Å². The fourth-order valence-electron chi connectivity index (χ4n) is 2.63. The van der Waals surface area contributed by atoms with E-state index >= 15 is 0 Å². The summed E-state index contributed by atoms with van der Waals surface area (Å²) in [6.07, 6.45) is 4.46. The number of hydrogen-bond acceptors (Lipinski definition) is 3. The minimum Gasteiger partial charge on any atom is -0.316 e. The van der Waals surface area contributed by atoms with Crippen LogP contribution in [-0.4, -0.2) is 22.0 Å². The molecule has 1 aliphatic rings. The number of hydrogen-bond donors (Lipinski definition) is 2. The molecule has 0 amide bonds. The van der Waals surface area contributed by atoms with E-state index in [4.69, 9.17) is 0 Å². The second-order valence-corrected chi connectivity index (χ2v) is 7.02. The monoisotopic (exact) mass is 300 g/mol. The number of nitrogens with one attached hydrogen (secondary N) is 2. The Bertz CT molecular complexity index is 554. The Morgan fingerprint density at radius 2 is 2.00 bits per heavy atom. The predicted octanol–water partition coefficient (Wildman–Crippen LogP) is 2.01. The maximum Gasteiger partial charge on any atom is 0.241 e. The summed E-state index contributed by atoms with van der Waals surface area (Å²) < 4.78 is 40.6. The lowest BCUT2D eigenvalue weighted by atomic mass is 10.1. The summed E-state index contributed by atoms with van der Waals surface area (Å²) in [7, 11) is -1.93. The van der Waals surface area contributed by atoms with Crippen LogP contribution in [0.2, 0.25) is 0 Å². The Hall–Kier alpha value is -0.980. The molecule has 0 heterocycles. The lowest BCUT2D eigenvalue weighted by Crippen LogP contribution is -2.29. The maximum atomic E-state index is 13.3. The minimum absolute atomic E-state index is 0.0323. The normalized spacial score (nSPS) is 16.7. The highest BCUT2D eigenvalue weighted by Crippen LogP contribution is 2.25. The zero-order chi connectivity index (χ0) is 14.6. The quantitative estimate of drug-likeness (QED) is 0.845. The fraction of sp³-hybridized carbons (Fsp3) is 0.571. The second-order valence-electron chi connectivity index (χ2n) is 5.28. The molecule has 0 spiro atoms. The molecule has 0 bridgehead atoms. The van der Waals surface area contributed by atoms with Gasteiger partial charge in [-0.25, -0.2) is 17.5 Å². The van der Waals surface area contributed by atoms with E-state index in [1.165, 1.54) is 12.1 Å². The molecule has 1 aliphatic carbocycles. The molecule has 1 saturated carbocycles. The van der Waals surface area contributed by atoms with Gasteiger partial charge in [-0.05, 0) is 43.5 Å². The summed E-state index contributed by atoms with van der Waals surface area (Å²) in [6, 6.07) is 3.88. The van der Waals surface area contributed by atoms with E-state index in [2.05, 4.69) is 10.0 Å². The van der Waals surface area contributed by atoms with Crippen molar-refractivity contribution >= 4 is 10.0 Å². The summed E-state index contributed by atoms with van der Waals surface area (Å²) >= 11 is 0. The van der Waals surface area contributed by atoms with Gasteiger partial charge in [0.2, 0.25) is 10.0 Å². The minimum atomic E-state index is -3.65. The first kappa shape index (κ1) is 15.4. The van der Waals surface area contributed by atoms with Crippen molar-refractivity contribution in [3.8, 4) is 0 Å². The molecule has 0 saturated heterocycles. The van der Waals surface area contributed by atoms with Gasteiger partial charge in [0.05, 0.1) is 4.90 Å². The Morgan fingerprint density at radius 1 is 1.30 bits per heavy atom. The van der Waals surface area contributed by atoms with Crippen LogP contribution in [0.15, 0.2) is 23.1 Å². The lowest BCUT2D eigenvalue weighted by molar-refractivity contribution is 0.518. The van der Waals surface area contributed by atoms with Gasteiger partial charge in [-0.1, -0.05) is 18.9 Å². The van der Waals surface area contributed by atoms with Gasteiger partial charge in [0.1, 0.15) is 5.82 Å². The largest absolute Gasteiger partial charge is 0.316 e. The van der Waals surface area contributed by atoms with Gasteiger partial charge in [0.15, 0.2) is 0 Å². The highest BCUT2D eigenvalue weighted by atomic mass is 32.2. The smallest absolute Gasteiger partial charge is 0.241 e. The van der Waals surface area contributed by atoms with Crippen molar-refractivity contribution in [1.29, 1.82) is 0 Å². The number of rotatable bonds is 6. The van der Waals surface area contributed by atoms with Crippen molar-refractivity contribution in [2.24, 2.45) is 5.92 Å². The molecule has 1 aromatic rings. The van der Waals surface area contributed by atoms with E-state index in [9.17, 15) is 12.8 Å². The molecule has 6 heteroatoms. The third-order valence-electron chi connectivity index (χ3n) is 3.72. The first-order chi connectivity index (χ1) is 9.53. The molecule has 4 nitrogen and oxygen atoms in total. The van der Waals surface area contributed by atoms with Crippen molar-refractivity contribution in [3.05, 3.63) is 29.6 Å². The molecule has 0 unspecified atom stereocenters. The van der Waals surface area contributed by atoms with Crippen LogP contribution >= 0.6 is 0 Å². The Labute approximate surface area is 119 Å². The molecule has 2 rings (SSSR count). The van der Waals surface area contributed by atoms with Gasteiger partial charge in [0.25, 0.3) is 0 Å². The van der Waals surface area contributed by atoms with Crippen LogP contribution in [-0.2, 0) is 16.6 Å². The predicted molar refractivity (Wildman–Crippen MR) is 76.3 cm³/mol. The number of halogens is 1. The van der Waals surface area contributed by atoms with E-state index in [-0.39, 0.29) is 4.90 Å². The lowest BCUT2D eigenvalue weighted by Gasteiger charge is -2.14. The number of benzene rings is 1. The SMILES string of the molecule is CNCc1ccc(F)cc1S(=O)(=O)NCC1CCCC1. The van der Waals surface area contributed by atoms with Crippen LogP contribution in [0.5, 0.6) is 0 Å². The standard InChI is InChI=1S/C14H21FN2O2S/c1-16-10-12-6-7-13(15)8-14(12)20(18,19)17-9-11-4-2-3-5-11/h6-8,11,16-17H,2-5,9-10H2,1H3. The highest BCUT2D eigenvalue weighted by Gasteiger charge is 2.22. The third kappa shape index (κ3) is 3.77. The molecule has 0 aromatic heterocycles. The zero-order valence-corrected chi connectivity index (χ0v) is 12.5. The van der Waals surface area contributed by atoms with Crippen LogP contribution < -0.4 is 10.0 Å². The van der Waals surface area contributed by atoms with Gasteiger partial charge in [-0.2, -0.15) is 0 Å². The van der Waals surface area contributed by atoms with Crippen LogP contribution in [0.25, 0.3) is 0 Å². The fourth-order valence-corrected chi connectivity index (χ4v) is 4.00. The van der Waals surface area contributed by atoms with Crippen molar-refractivity contribution in [3.63, 3.8) is 0 Å². The Morgan fingerprint density at radius 3 is 2.65 bits per heavy atom. The summed E-state index contributed by atoms with van der Waals surface area (Å²) in [5.41, 5.74) is 0.577. The molecule has 0 aliphatic heterocycles. The van der Waals surface area contributed by atoms with E-state index in [1.807, 2.05) is 0 Å². The van der Waals surface area contributed by atoms with Crippen molar-refractivity contribution < 1.29 is 12.8 Å². The van der Waals surface area contributed by atoms with Crippen molar-refractivity contribution in [2.45, 2.75) is 37.1 Å². The van der Waals surface area contributed by atoms with Gasteiger partial charge in [-0.15, -0.1) is 0 Å². The van der Waals surface area contributed by atoms with Crippen LogP contribution in [0.3, 0.4) is 0 Å². The average Bonchev–Trinajstić information content (AvgIpc) is 2.92. The van der Waals surface area contributed by atoms with E-state index < -0.39 is 15.8 Å². The van der Waals surface area contributed by atoms with Crippen LogP contribution in [0.4, 0.5) is 4.39 Å². The van der Waals surface area contributed by atoms with Crippen molar-refractivity contribution in [1.82, 2.24) is 10.0 Å². The third-order valence-corrected chi connectivity index (χ3v) is 5.23. The molecule has 1 aromatic carbocycles. The molecular formula is C14H21FN2O2S. The van der Waals surface area contributed by atoms with Crippen LogP contribution in [0, 0.1) is 11.7 Å². The van der Waals surface area contributed by atoms with Crippen molar-refractivity contribution in [2.75, 3.05) is 13.6 Å². The molecular weight excluding hydrogens is 279 g/mol. The summed E-state index contributed by atoms with van der Waals surface area (Å²) in [5, 5.41) is 2.90. The summed E-state index contributed by atoms with van der Waals surface area (Å²) in [6.45, 7) is 0.831. The summed E-state index contributed by atoms with van der Waals surface area (Å²) in [5.74, 6) is -0.128. The summed E-state index contributed by atoms with van der Waals surface area (Å²) in [4.78, 5) is 0.0323. The molecule has 0 atom stereocenters. The van der Waals surface area contributed by atoms with Gasteiger partial charge in [0, 0.05) is 13.1 Å². The van der Waals surface area contributed by atoms with E-state index in [1.54, 1.807) is 7.05 Å². The topological polar surface area (TPSA) is 58.2 Å². The maximum absolute atomic E-state index is 13.3. The van der Waals surface area contributed by atoms with Gasteiger partial charge in [-0.3, -0.25) is 0 Å². The first-order valence-corrected chi connectivity index (χ1v) is 8.44. The zero-order valence-electron chi connectivity index (χ0n) is 11.7. The Balaban J connectivity index is 2.16. The molecule has 2 N–H and O–H groups in total. The van der Waals surface area contributed by atoms with Crippen LogP contribution in [0.1, 0.15) is 31.2 Å². The van der Waals surface area contributed by atoms with Gasteiger partial charge < -0.3 is 5.32 Å².